The molecule has 12 heteroatoms. The number of amides is 2. The second-order valence-corrected chi connectivity index (χ2v) is 9.73. The summed E-state index contributed by atoms with van der Waals surface area (Å²) in [5, 5.41) is 7.29. The third kappa shape index (κ3) is 5.29. The summed E-state index contributed by atoms with van der Waals surface area (Å²) in [5.41, 5.74) is 2.43. The molecule has 11 nitrogen and oxygen atoms in total. The highest BCUT2D eigenvalue weighted by Crippen LogP contribution is 2.23. The number of halogens is 1. The van der Waals surface area contributed by atoms with E-state index in [4.69, 9.17) is 4.74 Å². The quantitative estimate of drug-likeness (QED) is 0.512. The van der Waals surface area contributed by atoms with Crippen LogP contribution in [0.3, 0.4) is 0 Å². The summed E-state index contributed by atoms with van der Waals surface area (Å²) in [4.78, 5) is 47.0. The van der Waals surface area contributed by atoms with Crippen molar-refractivity contribution in [2.45, 2.75) is 40.2 Å². The van der Waals surface area contributed by atoms with Gasteiger partial charge in [-0.15, -0.1) is 5.10 Å². The van der Waals surface area contributed by atoms with E-state index in [1.165, 1.54) is 17.5 Å². The Hall–Kier alpha value is -4.06. The zero-order valence-electron chi connectivity index (χ0n) is 22.4. The van der Waals surface area contributed by atoms with Gasteiger partial charge in [-0.3, -0.25) is 14.4 Å². The van der Waals surface area contributed by atoms with Gasteiger partial charge in [-0.25, -0.2) is 4.39 Å². The van der Waals surface area contributed by atoms with Crippen LogP contribution in [0.5, 0.6) is 0 Å². The molecule has 206 valence electrons. The fourth-order valence-corrected chi connectivity index (χ4v) is 5.07. The zero-order chi connectivity index (χ0) is 27.7. The van der Waals surface area contributed by atoms with Gasteiger partial charge in [-0.2, -0.15) is 9.50 Å². The van der Waals surface area contributed by atoms with Gasteiger partial charge in [0, 0.05) is 44.5 Å². The van der Waals surface area contributed by atoms with Crippen LogP contribution in [0.4, 0.5) is 15.8 Å². The standard InChI is InChI=1S/C27H32FN7O4/c1-4-19-5-6-21(15-22(19)28)29-23(37)16-34-17(2)24(33-11-9-32(10-12-33)18(3)36)26(38)35-27(34)30-25(31-35)20-7-13-39-14-8-20/h5-7,15H,4,8-14,16H2,1-3H3,(H,29,37). The van der Waals surface area contributed by atoms with Gasteiger partial charge < -0.3 is 24.4 Å². The summed E-state index contributed by atoms with van der Waals surface area (Å²) < 4.78 is 22.6. The Morgan fingerprint density at radius 3 is 2.59 bits per heavy atom. The van der Waals surface area contributed by atoms with E-state index in [2.05, 4.69) is 15.4 Å². The smallest absolute Gasteiger partial charge is 0.299 e. The lowest BCUT2D eigenvalue weighted by Gasteiger charge is -2.36. The van der Waals surface area contributed by atoms with E-state index in [9.17, 15) is 18.8 Å². The van der Waals surface area contributed by atoms with Crippen molar-refractivity contribution in [2.24, 2.45) is 0 Å². The second kappa shape index (κ2) is 11.0. The number of carbonyl (C=O) groups is 2. The van der Waals surface area contributed by atoms with Crippen molar-refractivity contribution in [1.29, 1.82) is 0 Å². The molecule has 39 heavy (non-hydrogen) atoms. The summed E-state index contributed by atoms with van der Waals surface area (Å²) >= 11 is 0. The van der Waals surface area contributed by atoms with Crippen molar-refractivity contribution in [1.82, 2.24) is 24.1 Å². The van der Waals surface area contributed by atoms with Crippen LogP contribution < -0.4 is 15.8 Å². The molecule has 2 amide bonds. The fourth-order valence-electron chi connectivity index (χ4n) is 5.07. The number of aryl methyl sites for hydroxylation is 1. The van der Waals surface area contributed by atoms with Crippen LogP contribution in [0, 0.1) is 12.7 Å². The lowest BCUT2D eigenvalue weighted by molar-refractivity contribution is -0.129. The van der Waals surface area contributed by atoms with Crippen molar-refractivity contribution in [3.8, 4) is 0 Å². The molecular weight excluding hydrogens is 505 g/mol. The highest BCUT2D eigenvalue weighted by atomic mass is 19.1. The van der Waals surface area contributed by atoms with Gasteiger partial charge >= 0.3 is 0 Å². The van der Waals surface area contributed by atoms with Gasteiger partial charge in [-0.1, -0.05) is 19.1 Å². The molecule has 2 aliphatic rings. The number of fused-ring (bicyclic) bond motifs is 1. The summed E-state index contributed by atoms with van der Waals surface area (Å²) in [6, 6.07) is 4.62. The van der Waals surface area contributed by atoms with Gasteiger partial charge in [0.1, 0.15) is 18.0 Å². The number of anilines is 2. The molecule has 0 saturated carbocycles. The van der Waals surface area contributed by atoms with Crippen LogP contribution in [0.1, 0.15) is 37.4 Å². The number of ether oxygens (including phenoxy) is 1. The van der Waals surface area contributed by atoms with Crippen molar-refractivity contribution in [3.63, 3.8) is 0 Å². The second-order valence-electron chi connectivity index (χ2n) is 9.73. The van der Waals surface area contributed by atoms with Gasteiger partial charge in [0.15, 0.2) is 5.82 Å². The Morgan fingerprint density at radius 1 is 1.18 bits per heavy atom. The molecule has 2 aromatic heterocycles. The maximum atomic E-state index is 14.3. The molecule has 1 saturated heterocycles. The summed E-state index contributed by atoms with van der Waals surface area (Å²) in [6.07, 6.45) is 3.06. The number of aromatic nitrogens is 4. The predicted octanol–water partition coefficient (Wildman–Crippen LogP) is 2.01. The molecular formula is C27H32FN7O4. The largest absolute Gasteiger partial charge is 0.377 e. The average molecular weight is 538 g/mol. The first-order chi connectivity index (χ1) is 18.8. The van der Waals surface area contributed by atoms with E-state index < -0.39 is 5.91 Å². The number of nitrogens with one attached hydrogen (secondary N) is 1. The molecule has 4 heterocycles. The first-order valence-electron chi connectivity index (χ1n) is 13.1. The molecule has 0 atom stereocenters. The normalized spacial score (nSPS) is 15.9. The highest BCUT2D eigenvalue weighted by molar-refractivity contribution is 5.91. The SMILES string of the molecule is CCc1ccc(NC(=O)Cn2c(C)c(N3CCN(C(C)=O)CC3)c(=O)n3nc(C4=CCOCC4)nc23)cc1F. The van der Waals surface area contributed by atoms with E-state index in [1.807, 2.05) is 17.9 Å². The van der Waals surface area contributed by atoms with Crippen LogP contribution in [0.25, 0.3) is 11.4 Å². The number of piperazine rings is 1. The van der Waals surface area contributed by atoms with Gasteiger partial charge in [0.25, 0.3) is 5.56 Å². The van der Waals surface area contributed by atoms with E-state index in [0.29, 0.717) is 80.7 Å². The van der Waals surface area contributed by atoms with Gasteiger partial charge in [0.05, 0.1) is 13.2 Å². The number of benzene rings is 1. The van der Waals surface area contributed by atoms with Crippen molar-refractivity contribution in [3.05, 3.63) is 57.5 Å². The van der Waals surface area contributed by atoms with Crippen LogP contribution in [-0.2, 0) is 27.3 Å². The maximum absolute atomic E-state index is 14.3. The maximum Gasteiger partial charge on any atom is 0.299 e. The fraction of sp³-hybridized carbons (Fsp3) is 0.444. The first kappa shape index (κ1) is 26.5. The molecule has 2 aliphatic heterocycles. The van der Waals surface area contributed by atoms with Crippen LogP contribution in [0.15, 0.2) is 29.1 Å². The molecule has 0 bridgehead atoms. The average Bonchev–Trinajstić information content (AvgIpc) is 3.38. The molecule has 1 fully saturated rings. The molecule has 3 aromatic rings. The predicted molar refractivity (Wildman–Crippen MR) is 144 cm³/mol. The molecule has 5 rings (SSSR count). The summed E-state index contributed by atoms with van der Waals surface area (Å²) in [7, 11) is 0. The first-order valence-corrected chi connectivity index (χ1v) is 13.1. The van der Waals surface area contributed by atoms with Crippen LogP contribution >= 0.6 is 0 Å². The van der Waals surface area contributed by atoms with Crippen molar-refractivity contribution >= 4 is 34.5 Å². The molecule has 1 aromatic carbocycles. The lowest BCUT2D eigenvalue weighted by Crippen LogP contribution is -2.50. The Balaban J connectivity index is 1.53. The number of hydrogen-bond acceptors (Lipinski definition) is 7. The Bertz CT molecular complexity index is 1520. The monoisotopic (exact) mass is 537 g/mol. The van der Waals surface area contributed by atoms with E-state index >= 15 is 0 Å². The minimum Gasteiger partial charge on any atom is -0.377 e. The summed E-state index contributed by atoms with van der Waals surface area (Å²) in [5.74, 6) is -0.121. The van der Waals surface area contributed by atoms with E-state index in [1.54, 1.807) is 28.5 Å². The summed E-state index contributed by atoms with van der Waals surface area (Å²) in [6.45, 7) is 7.91. The molecule has 0 spiro atoms. The number of nitrogens with zero attached hydrogens (tertiary/aromatic N) is 6. The van der Waals surface area contributed by atoms with E-state index in [-0.39, 0.29) is 29.6 Å². The van der Waals surface area contributed by atoms with Crippen molar-refractivity contribution < 1.29 is 18.7 Å². The Labute approximate surface area is 224 Å². The molecule has 0 radical (unpaired) electrons. The van der Waals surface area contributed by atoms with Gasteiger partial charge in [-0.05, 0) is 43.0 Å². The number of hydrogen-bond donors (Lipinski definition) is 1. The third-order valence-electron chi connectivity index (χ3n) is 7.29. The van der Waals surface area contributed by atoms with Gasteiger partial charge in [0.2, 0.25) is 17.6 Å². The number of rotatable bonds is 6. The molecule has 1 N–H and O–H groups in total. The molecule has 0 unspecified atom stereocenters. The van der Waals surface area contributed by atoms with Crippen molar-refractivity contribution in [2.75, 3.05) is 49.6 Å². The topological polar surface area (TPSA) is 114 Å². The zero-order valence-corrected chi connectivity index (χ0v) is 22.4. The van der Waals surface area contributed by atoms with Crippen LogP contribution in [-0.4, -0.2) is 75.3 Å². The number of carbonyl (C=O) groups excluding carboxylic acids is 2. The minimum atomic E-state index is -0.394. The Kier molecular flexibility index (Phi) is 7.47. The lowest BCUT2D eigenvalue weighted by atomic mass is 10.1. The third-order valence-corrected chi connectivity index (χ3v) is 7.29. The molecule has 0 aliphatic carbocycles. The van der Waals surface area contributed by atoms with Crippen LogP contribution in [0.2, 0.25) is 0 Å². The Morgan fingerprint density at radius 2 is 1.95 bits per heavy atom. The highest BCUT2D eigenvalue weighted by Gasteiger charge is 2.27. The van der Waals surface area contributed by atoms with E-state index in [0.717, 1.165) is 5.57 Å². The minimum absolute atomic E-state index is 0.00929.